The van der Waals surface area contributed by atoms with Gasteiger partial charge in [-0.2, -0.15) is 0 Å². The fraction of sp³-hybridized carbons (Fsp3) is 0.375. The summed E-state index contributed by atoms with van der Waals surface area (Å²) < 4.78 is 1.06. The summed E-state index contributed by atoms with van der Waals surface area (Å²) in [5.74, 6) is 0.469. The molecule has 1 amide bonds. The van der Waals surface area contributed by atoms with Crippen LogP contribution < -0.4 is 5.32 Å². The summed E-state index contributed by atoms with van der Waals surface area (Å²) in [6.07, 6.45) is -0.125. The van der Waals surface area contributed by atoms with E-state index in [4.69, 9.17) is 0 Å². The van der Waals surface area contributed by atoms with Gasteiger partial charge in [0.05, 0.1) is 17.2 Å². The van der Waals surface area contributed by atoms with Crippen LogP contribution in [0.5, 0.6) is 0 Å². The Morgan fingerprint density at radius 2 is 2.14 bits per heavy atom. The van der Waals surface area contributed by atoms with Gasteiger partial charge in [0.1, 0.15) is 6.17 Å². The Hall–Kier alpha value is -1.24. The first-order valence-electron chi connectivity index (χ1n) is 7.26. The van der Waals surface area contributed by atoms with E-state index in [9.17, 15) is 4.79 Å². The molecule has 1 aromatic heterocycles. The molecule has 0 spiro atoms. The third-order valence-electron chi connectivity index (χ3n) is 3.62. The molecule has 0 bridgehead atoms. The van der Waals surface area contributed by atoms with Crippen LogP contribution in [-0.4, -0.2) is 22.3 Å². The van der Waals surface area contributed by atoms with Crippen molar-refractivity contribution in [3.05, 3.63) is 50.4 Å². The van der Waals surface area contributed by atoms with Crippen molar-refractivity contribution in [2.24, 2.45) is 0 Å². The summed E-state index contributed by atoms with van der Waals surface area (Å²) >= 11 is 5.10. The van der Waals surface area contributed by atoms with Crippen LogP contribution in [0.1, 0.15) is 42.2 Å². The van der Waals surface area contributed by atoms with Crippen molar-refractivity contribution in [1.29, 1.82) is 0 Å². The van der Waals surface area contributed by atoms with Crippen molar-refractivity contribution in [3.63, 3.8) is 0 Å². The average Bonchev–Trinajstić information content (AvgIpc) is 3.08. The zero-order valence-corrected chi connectivity index (χ0v) is 14.9. The molecule has 2 heterocycles. The Morgan fingerprint density at radius 3 is 2.77 bits per heavy atom. The summed E-state index contributed by atoms with van der Waals surface area (Å²) in [7, 11) is 0. The van der Waals surface area contributed by atoms with Gasteiger partial charge >= 0.3 is 0 Å². The van der Waals surface area contributed by atoms with Gasteiger partial charge in [0.2, 0.25) is 5.91 Å². The summed E-state index contributed by atoms with van der Waals surface area (Å²) in [4.78, 5) is 18.7. The van der Waals surface area contributed by atoms with Gasteiger partial charge in [-0.1, -0.05) is 41.9 Å². The highest BCUT2D eigenvalue weighted by Gasteiger charge is 2.32. The van der Waals surface area contributed by atoms with Crippen molar-refractivity contribution in [2.45, 2.75) is 32.5 Å². The molecule has 1 aliphatic heterocycles. The second-order valence-corrected chi connectivity index (χ2v) is 7.57. The number of aromatic nitrogens is 1. The number of carbonyl (C=O) groups excluding carboxylic acids is 1. The third-order valence-corrected chi connectivity index (χ3v) is 5.31. The Bertz CT molecular complexity index is 668. The maximum Gasteiger partial charge on any atom is 0.235 e. The number of hydrogen-bond acceptors (Lipinski definition) is 4. The van der Waals surface area contributed by atoms with E-state index in [0.29, 0.717) is 12.5 Å². The molecule has 1 aromatic carbocycles. The number of carbonyl (C=O) groups is 1. The lowest BCUT2D eigenvalue weighted by Gasteiger charge is -2.21. The van der Waals surface area contributed by atoms with Gasteiger partial charge in [0.15, 0.2) is 0 Å². The Morgan fingerprint density at radius 1 is 1.41 bits per heavy atom. The van der Waals surface area contributed by atoms with E-state index in [-0.39, 0.29) is 12.1 Å². The quantitative estimate of drug-likeness (QED) is 0.881. The van der Waals surface area contributed by atoms with E-state index in [1.54, 1.807) is 11.3 Å². The normalized spacial score (nSPS) is 18.9. The van der Waals surface area contributed by atoms with Crippen LogP contribution in [0.2, 0.25) is 0 Å². The Kier molecular flexibility index (Phi) is 4.61. The number of nitrogens with zero attached hydrogens (tertiary/aromatic N) is 2. The number of amides is 1. The molecule has 1 N–H and O–H groups in total. The molecule has 0 radical (unpaired) electrons. The lowest BCUT2D eigenvalue weighted by atomic mass is 10.2. The van der Waals surface area contributed by atoms with Crippen LogP contribution in [-0.2, 0) is 11.3 Å². The van der Waals surface area contributed by atoms with Crippen molar-refractivity contribution in [2.75, 3.05) is 6.54 Å². The van der Waals surface area contributed by atoms with Gasteiger partial charge < -0.3 is 5.32 Å². The smallest absolute Gasteiger partial charge is 0.235 e. The first-order valence-corrected chi connectivity index (χ1v) is 8.93. The SMILES string of the molecule is CC(C)c1nc([C@@H]2NC(=O)CN2Cc2ccc(Br)cc2)cs1. The number of thiazole rings is 1. The zero-order valence-electron chi connectivity index (χ0n) is 12.5. The van der Waals surface area contributed by atoms with Gasteiger partial charge in [-0.3, -0.25) is 9.69 Å². The first-order chi connectivity index (χ1) is 10.5. The van der Waals surface area contributed by atoms with Crippen LogP contribution in [0.25, 0.3) is 0 Å². The van der Waals surface area contributed by atoms with E-state index in [1.165, 1.54) is 5.56 Å². The molecule has 1 fully saturated rings. The number of halogens is 1. The maximum absolute atomic E-state index is 11.8. The lowest BCUT2D eigenvalue weighted by molar-refractivity contribution is -0.118. The van der Waals surface area contributed by atoms with E-state index >= 15 is 0 Å². The molecule has 6 heteroatoms. The first kappa shape index (κ1) is 15.6. The second kappa shape index (κ2) is 6.48. The fourth-order valence-corrected chi connectivity index (χ4v) is 3.61. The molecule has 0 aliphatic carbocycles. The van der Waals surface area contributed by atoms with E-state index in [1.807, 2.05) is 12.1 Å². The molecule has 1 atom stereocenters. The summed E-state index contributed by atoms with van der Waals surface area (Å²) in [6.45, 7) is 5.41. The highest BCUT2D eigenvalue weighted by molar-refractivity contribution is 9.10. The van der Waals surface area contributed by atoms with Crippen LogP contribution >= 0.6 is 27.3 Å². The van der Waals surface area contributed by atoms with Gasteiger partial charge in [-0.25, -0.2) is 4.98 Å². The van der Waals surface area contributed by atoms with E-state index in [2.05, 4.69) is 62.5 Å². The van der Waals surface area contributed by atoms with Gasteiger partial charge in [0.25, 0.3) is 0 Å². The molecule has 3 rings (SSSR count). The van der Waals surface area contributed by atoms with Gasteiger partial charge in [-0.05, 0) is 17.7 Å². The average molecular weight is 380 g/mol. The zero-order chi connectivity index (χ0) is 15.7. The Labute approximate surface area is 142 Å². The minimum Gasteiger partial charge on any atom is -0.334 e. The number of rotatable bonds is 4. The minimum absolute atomic E-state index is 0.0567. The summed E-state index contributed by atoms with van der Waals surface area (Å²) in [5.41, 5.74) is 2.13. The van der Waals surface area contributed by atoms with Crippen molar-refractivity contribution in [3.8, 4) is 0 Å². The topological polar surface area (TPSA) is 45.2 Å². The molecular formula is C16H18BrN3OS. The van der Waals surface area contributed by atoms with Crippen LogP contribution in [0.3, 0.4) is 0 Å². The molecule has 0 unspecified atom stereocenters. The molecule has 1 aliphatic rings. The van der Waals surface area contributed by atoms with Crippen LogP contribution in [0.4, 0.5) is 0 Å². The molecule has 2 aromatic rings. The van der Waals surface area contributed by atoms with Crippen molar-refractivity contribution < 1.29 is 4.79 Å². The summed E-state index contributed by atoms with van der Waals surface area (Å²) in [5, 5.41) is 6.19. The number of benzene rings is 1. The monoisotopic (exact) mass is 379 g/mol. The molecule has 22 heavy (non-hydrogen) atoms. The Balaban J connectivity index is 1.79. The molecule has 116 valence electrons. The largest absolute Gasteiger partial charge is 0.334 e. The van der Waals surface area contributed by atoms with Crippen molar-refractivity contribution in [1.82, 2.24) is 15.2 Å². The van der Waals surface area contributed by atoms with Crippen molar-refractivity contribution >= 4 is 33.2 Å². The number of hydrogen-bond donors (Lipinski definition) is 1. The third kappa shape index (κ3) is 3.39. The highest BCUT2D eigenvalue weighted by atomic mass is 79.9. The number of nitrogens with one attached hydrogen (secondary N) is 1. The predicted octanol–water partition coefficient (Wildman–Crippen LogP) is 3.66. The van der Waals surface area contributed by atoms with Crippen LogP contribution in [0, 0.1) is 0 Å². The second-order valence-electron chi connectivity index (χ2n) is 5.77. The van der Waals surface area contributed by atoms with E-state index in [0.717, 1.165) is 21.7 Å². The fourth-order valence-electron chi connectivity index (χ4n) is 2.49. The lowest BCUT2D eigenvalue weighted by Crippen LogP contribution is -2.27. The van der Waals surface area contributed by atoms with Gasteiger partial charge in [-0.15, -0.1) is 11.3 Å². The van der Waals surface area contributed by atoms with Gasteiger partial charge in [0, 0.05) is 22.3 Å². The maximum atomic E-state index is 11.8. The van der Waals surface area contributed by atoms with E-state index < -0.39 is 0 Å². The molecule has 0 saturated carbocycles. The van der Waals surface area contributed by atoms with Crippen LogP contribution in [0.15, 0.2) is 34.1 Å². The highest BCUT2D eigenvalue weighted by Crippen LogP contribution is 2.28. The molecule has 1 saturated heterocycles. The minimum atomic E-state index is -0.125. The standard InChI is InChI=1S/C16H18BrN3OS/c1-10(2)16-18-13(9-22-16)15-19-14(21)8-20(15)7-11-3-5-12(17)6-4-11/h3-6,9-10,15H,7-8H2,1-2H3,(H,19,21)/t15-/m1/s1. The molecular weight excluding hydrogens is 362 g/mol. The predicted molar refractivity (Wildman–Crippen MR) is 91.6 cm³/mol. The molecule has 4 nitrogen and oxygen atoms in total. The summed E-state index contributed by atoms with van der Waals surface area (Å²) in [6, 6.07) is 8.19.